The topological polar surface area (TPSA) is 76.1 Å². The molecule has 0 aromatic heterocycles. The number of amides is 1. The number of carbonyl (C=O) groups excluding carboxylic acids is 2. The highest BCUT2D eigenvalue weighted by Crippen LogP contribution is 2.33. The monoisotopic (exact) mass is 535 g/mol. The second-order valence-electron chi connectivity index (χ2n) is 10.1. The van der Waals surface area contributed by atoms with E-state index < -0.39 is 5.97 Å². The van der Waals surface area contributed by atoms with Gasteiger partial charge in [-0.25, -0.2) is 4.79 Å². The number of benzene rings is 4. The zero-order valence-electron chi connectivity index (χ0n) is 22.6. The van der Waals surface area contributed by atoms with Gasteiger partial charge in [-0.2, -0.15) is 0 Å². The summed E-state index contributed by atoms with van der Waals surface area (Å²) < 4.78 is 10.7. The zero-order chi connectivity index (χ0) is 27.9. The van der Waals surface area contributed by atoms with Crippen molar-refractivity contribution in [3.05, 3.63) is 119 Å². The van der Waals surface area contributed by atoms with Crippen molar-refractivity contribution in [3.63, 3.8) is 0 Å². The molecule has 0 spiro atoms. The Morgan fingerprint density at radius 2 is 1.50 bits per heavy atom. The lowest BCUT2D eigenvalue weighted by Crippen LogP contribution is -2.30. The molecular formula is C34H33NO5. The zero-order valence-corrected chi connectivity index (χ0v) is 22.6. The number of phenolic OH excluding ortho intramolecular Hbond substituents is 1. The fourth-order valence-corrected chi connectivity index (χ4v) is 5.21. The number of rotatable bonds is 8. The van der Waals surface area contributed by atoms with Crippen LogP contribution in [0.1, 0.15) is 69.9 Å². The summed E-state index contributed by atoms with van der Waals surface area (Å²) in [6, 6.07) is 29.4. The second kappa shape index (κ2) is 12.5. The number of hydrogen-bond acceptors (Lipinski definition) is 5. The molecule has 1 aliphatic carbocycles. The SMILES string of the molecule is COC(=O)c1cc(N(Cc2ccc(C3CCCCC3)cc2)C(=O)c2ccc(Oc3ccccc3)cc2)ccc1O. The number of carbonyl (C=O) groups is 2. The Morgan fingerprint density at radius 1 is 0.825 bits per heavy atom. The second-order valence-corrected chi connectivity index (χ2v) is 10.1. The number of methoxy groups -OCH3 is 1. The summed E-state index contributed by atoms with van der Waals surface area (Å²) in [6.45, 7) is 0.289. The molecule has 0 saturated heterocycles. The third-order valence-electron chi connectivity index (χ3n) is 7.42. The summed E-state index contributed by atoms with van der Waals surface area (Å²) in [6.07, 6.45) is 6.29. The van der Waals surface area contributed by atoms with Crippen molar-refractivity contribution in [2.45, 2.75) is 44.6 Å². The number of hydrogen-bond donors (Lipinski definition) is 1. The summed E-state index contributed by atoms with van der Waals surface area (Å²) in [7, 11) is 1.25. The lowest BCUT2D eigenvalue weighted by atomic mass is 9.84. The predicted octanol–water partition coefficient (Wildman–Crippen LogP) is 7.87. The molecule has 4 aromatic carbocycles. The van der Waals surface area contributed by atoms with E-state index in [1.165, 1.54) is 56.9 Å². The lowest BCUT2D eigenvalue weighted by Gasteiger charge is -2.25. The first kappa shape index (κ1) is 27.0. The van der Waals surface area contributed by atoms with Crippen molar-refractivity contribution in [2.24, 2.45) is 0 Å². The third-order valence-corrected chi connectivity index (χ3v) is 7.42. The van der Waals surface area contributed by atoms with Crippen LogP contribution in [0, 0.1) is 0 Å². The van der Waals surface area contributed by atoms with Crippen LogP contribution in [0.2, 0.25) is 0 Å². The molecule has 0 aliphatic heterocycles. The van der Waals surface area contributed by atoms with E-state index in [1.807, 2.05) is 30.3 Å². The average molecular weight is 536 g/mol. The van der Waals surface area contributed by atoms with Crippen LogP contribution >= 0.6 is 0 Å². The Labute approximate surface area is 234 Å². The minimum atomic E-state index is -0.675. The molecule has 1 N–H and O–H groups in total. The van der Waals surface area contributed by atoms with E-state index in [0.29, 0.717) is 28.7 Å². The van der Waals surface area contributed by atoms with Crippen molar-refractivity contribution in [1.29, 1.82) is 0 Å². The number of anilines is 1. The average Bonchev–Trinajstić information content (AvgIpc) is 3.01. The standard InChI is InChI=1S/C34H33NO5/c1-39-34(38)31-22-28(18-21-32(31)36)35(23-24-12-14-26(15-13-24)25-8-4-2-5-9-25)33(37)27-16-19-30(20-17-27)40-29-10-6-3-7-11-29/h3,6-7,10-22,25,36H,2,4-5,8-9,23H2,1H3. The number of para-hydroxylation sites is 1. The van der Waals surface area contributed by atoms with Crippen molar-refractivity contribution >= 4 is 17.6 Å². The molecule has 0 atom stereocenters. The summed E-state index contributed by atoms with van der Waals surface area (Å²) in [5, 5.41) is 10.3. The van der Waals surface area contributed by atoms with Crippen molar-refractivity contribution in [1.82, 2.24) is 0 Å². The van der Waals surface area contributed by atoms with Gasteiger partial charge in [-0.05, 0) is 84.5 Å². The molecule has 6 nitrogen and oxygen atoms in total. The molecule has 40 heavy (non-hydrogen) atoms. The van der Waals surface area contributed by atoms with Crippen LogP contribution in [-0.2, 0) is 11.3 Å². The molecule has 0 unspecified atom stereocenters. The molecule has 0 heterocycles. The summed E-state index contributed by atoms with van der Waals surface area (Å²) in [4.78, 5) is 27.8. The van der Waals surface area contributed by atoms with Gasteiger partial charge in [-0.3, -0.25) is 4.79 Å². The molecule has 1 amide bonds. The van der Waals surface area contributed by atoms with Crippen LogP contribution in [-0.4, -0.2) is 24.1 Å². The Hall–Kier alpha value is -4.58. The quantitative estimate of drug-likeness (QED) is 0.232. The number of phenols is 1. The van der Waals surface area contributed by atoms with Crippen molar-refractivity contribution in [2.75, 3.05) is 12.0 Å². The van der Waals surface area contributed by atoms with Crippen LogP contribution in [0.25, 0.3) is 0 Å². The van der Waals surface area contributed by atoms with E-state index in [-0.39, 0.29) is 23.8 Å². The van der Waals surface area contributed by atoms with Gasteiger partial charge in [0.2, 0.25) is 0 Å². The van der Waals surface area contributed by atoms with E-state index in [1.54, 1.807) is 35.2 Å². The molecule has 0 bridgehead atoms. The third kappa shape index (κ3) is 6.34. The number of esters is 1. The Morgan fingerprint density at radius 3 is 2.17 bits per heavy atom. The van der Waals surface area contributed by atoms with Gasteiger partial charge < -0.3 is 19.5 Å². The van der Waals surface area contributed by atoms with Crippen LogP contribution in [0.3, 0.4) is 0 Å². The van der Waals surface area contributed by atoms with Crippen LogP contribution < -0.4 is 9.64 Å². The maximum Gasteiger partial charge on any atom is 0.341 e. The number of nitrogens with zero attached hydrogens (tertiary/aromatic N) is 1. The molecule has 1 saturated carbocycles. The molecule has 4 aromatic rings. The maximum atomic E-state index is 13.9. The number of aromatic hydroxyl groups is 1. The van der Waals surface area contributed by atoms with Gasteiger partial charge in [0.05, 0.1) is 13.7 Å². The molecule has 204 valence electrons. The lowest BCUT2D eigenvalue weighted by molar-refractivity contribution is 0.0597. The fourth-order valence-electron chi connectivity index (χ4n) is 5.21. The molecular weight excluding hydrogens is 502 g/mol. The van der Waals surface area contributed by atoms with Crippen molar-refractivity contribution in [3.8, 4) is 17.2 Å². The Kier molecular flexibility index (Phi) is 8.45. The Bertz CT molecular complexity index is 1440. The van der Waals surface area contributed by atoms with E-state index >= 15 is 0 Å². The van der Waals surface area contributed by atoms with Crippen molar-refractivity contribution < 1.29 is 24.2 Å². The van der Waals surface area contributed by atoms with E-state index in [9.17, 15) is 14.7 Å². The minimum absolute atomic E-state index is 0.00273. The fraction of sp³-hybridized carbons (Fsp3) is 0.235. The van der Waals surface area contributed by atoms with Gasteiger partial charge in [0.25, 0.3) is 5.91 Å². The summed E-state index contributed by atoms with van der Waals surface area (Å²) in [5.41, 5.74) is 3.24. The van der Waals surface area contributed by atoms with Gasteiger partial charge in [-0.15, -0.1) is 0 Å². The molecule has 1 aliphatic rings. The van der Waals surface area contributed by atoms with E-state index in [2.05, 4.69) is 24.3 Å². The smallest absolute Gasteiger partial charge is 0.341 e. The molecule has 6 heteroatoms. The first-order chi connectivity index (χ1) is 19.5. The Balaban J connectivity index is 1.42. The molecule has 0 radical (unpaired) electrons. The van der Waals surface area contributed by atoms with Crippen LogP contribution in [0.15, 0.2) is 97.1 Å². The van der Waals surface area contributed by atoms with E-state index in [4.69, 9.17) is 9.47 Å². The van der Waals surface area contributed by atoms with Gasteiger partial charge in [0.1, 0.15) is 22.8 Å². The minimum Gasteiger partial charge on any atom is -0.507 e. The summed E-state index contributed by atoms with van der Waals surface area (Å²) in [5.74, 6) is 0.791. The highest BCUT2D eigenvalue weighted by molar-refractivity contribution is 6.07. The summed E-state index contributed by atoms with van der Waals surface area (Å²) >= 11 is 0. The van der Waals surface area contributed by atoms with Crippen LogP contribution in [0.5, 0.6) is 17.2 Å². The first-order valence-electron chi connectivity index (χ1n) is 13.7. The maximum absolute atomic E-state index is 13.9. The van der Waals surface area contributed by atoms with E-state index in [0.717, 1.165) is 5.56 Å². The molecule has 5 rings (SSSR count). The van der Waals surface area contributed by atoms with Gasteiger partial charge in [0.15, 0.2) is 0 Å². The largest absolute Gasteiger partial charge is 0.507 e. The van der Waals surface area contributed by atoms with Gasteiger partial charge in [-0.1, -0.05) is 61.7 Å². The number of ether oxygens (including phenoxy) is 2. The highest BCUT2D eigenvalue weighted by atomic mass is 16.5. The van der Waals surface area contributed by atoms with Crippen LogP contribution in [0.4, 0.5) is 5.69 Å². The molecule has 1 fully saturated rings. The highest BCUT2D eigenvalue weighted by Gasteiger charge is 2.22. The normalized spacial score (nSPS) is 13.4. The van der Waals surface area contributed by atoms with Gasteiger partial charge in [0, 0.05) is 11.3 Å². The van der Waals surface area contributed by atoms with Gasteiger partial charge >= 0.3 is 5.97 Å². The predicted molar refractivity (Wildman–Crippen MR) is 155 cm³/mol. The first-order valence-corrected chi connectivity index (χ1v) is 13.7.